The van der Waals surface area contributed by atoms with Crippen molar-refractivity contribution >= 4 is 17.5 Å². The second-order valence-electron chi connectivity index (χ2n) is 7.95. The van der Waals surface area contributed by atoms with Crippen molar-refractivity contribution in [1.29, 1.82) is 0 Å². The van der Waals surface area contributed by atoms with E-state index in [0.717, 1.165) is 18.4 Å². The van der Waals surface area contributed by atoms with Crippen molar-refractivity contribution in [2.75, 3.05) is 5.32 Å². The molecule has 1 saturated heterocycles. The van der Waals surface area contributed by atoms with Crippen molar-refractivity contribution in [3.05, 3.63) is 23.8 Å². The number of phenols is 1. The van der Waals surface area contributed by atoms with Crippen LogP contribution in [0.2, 0.25) is 0 Å². The lowest BCUT2D eigenvalue weighted by atomic mass is 9.79. The van der Waals surface area contributed by atoms with Gasteiger partial charge in [-0.1, -0.05) is 6.07 Å². The van der Waals surface area contributed by atoms with Gasteiger partial charge in [-0.15, -0.1) is 0 Å². The van der Waals surface area contributed by atoms with Crippen molar-refractivity contribution in [1.82, 2.24) is 10.6 Å². The average Bonchev–Trinajstić information content (AvgIpc) is 2.39. The molecule has 1 heterocycles. The van der Waals surface area contributed by atoms with Gasteiger partial charge in [0.15, 0.2) is 0 Å². The highest BCUT2D eigenvalue weighted by Crippen LogP contribution is 2.28. The maximum Gasteiger partial charge on any atom is 0.313 e. The topological polar surface area (TPSA) is 90.5 Å². The molecular weight excluding hydrogens is 306 g/mol. The first-order chi connectivity index (χ1) is 11.0. The van der Waals surface area contributed by atoms with E-state index in [1.165, 1.54) is 6.07 Å². The molecule has 2 rings (SSSR count). The van der Waals surface area contributed by atoms with Crippen molar-refractivity contribution in [2.24, 2.45) is 0 Å². The number of nitrogens with one attached hydrogen (secondary N) is 3. The van der Waals surface area contributed by atoms with Crippen LogP contribution in [0.3, 0.4) is 0 Å². The van der Waals surface area contributed by atoms with Crippen LogP contribution in [-0.2, 0) is 9.59 Å². The van der Waals surface area contributed by atoms with Crippen molar-refractivity contribution < 1.29 is 14.7 Å². The highest BCUT2D eigenvalue weighted by atomic mass is 16.3. The van der Waals surface area contributed by atoms with Gasteiger partial charge in [0, 0.05) is 17.1 Å². The molecule has 1 fully saturated rings. The molecule has 0 atom stereocenters. The van der Waals surface area contributed by atoms with Gasteiger partial charge in [0.25, 0.3) is 0 Å². The summed E-state index contributed by atoms with van der Waals surface area (Å²) in [7, 11) is 0. The van der Waals surface area contributed by atoms with E-state index < -0.39 is 11.8 Å². The van der Waals surface area contributed by atoms with E-state index in [0.29, 0.717) is 0 Å². The summed E-state index contributed by atoms with van der Waals surface area (Å²) < 4.78 is 0. The van der Waals surface area contributed by atoms with E-state index in [9.17, 15) is 14.7 Å². The first-order valence-electron chi connectivity index (χ1n) is 8.18. The quantitative estimate of drug-likeness (QED) is 0.493. The molecule has 2 amide bonds. The van der Waals surface area contributed by atoms with E-state index in [1.807, 2.05) is 6.92 Å². The molecule has 6 nitrogen and oxygen atoms in total. The second-order valence-corrected chi connectivity index (χ2v) is 7.95. The summed E-state index contributed by atoms with van der Waals surface area (Å²) in [6.07, 6.45) is 1.48. The third kappa shape index (κ3) is 4.71. The fourth-order valence-corrected chi connectivity index (χ4v) is 3.60. The molecular formula is C18H27N3O3. The first kappa shape index (κ1) is 18.3. The normalized spacial score (nSPS) is 19.5. The second kappa shape index (κ2) is 6.43. The van der Waals surface area contributed by atoms with Gasteiger partial charge < -0.3 is 21.1 Å². The maximum atomic E-state index is 12.2. The zero-order valence-corrected chi connectivity index (χ0v) is 15.0. The van der Waals surface area contributed by atoms with E-state index in [1.54, 1.807) is 12.1 Å². The van der Waals surface area contributed by atoms with E-state index in [2.05, 4.69) is 43.6 Å². The van der Waals surface area contributed by atoms with Gasteiger partial charge in [-0.25, -0.2) is 0 Å². The molecule has 0 radical (unpaired) electrons. The number of hydrogen-bond acceptors (Lipinski definition) is 4. The summed E-state index contributed by atoms with van der Waals surface area (Å²) in [5.74, 6) is -1.52. The van der Waals surface area contributed by atoms with Crippen molar-refractivity contribution in [3.8, 4) is 5.75 Å². The van der Waals surface area contributed by atoms with Gasteiger partial charge in [-0.3, -0.25) is 9.59 Å². The minimum atomic E-state index is -0.773. The van der Waals surface area contributed by atoms with Crippen molar-refractivity contribution in [2.45, 2.75) is 64.6 Å². The van der Waals surface area contributed by atoms with Crippen LogP contribution in [0, 0.1) is 6.92 Å². The minimum absolute atomic E-state index is 0.0640. The smallest absolute Gasteiger partial charge is 0.313 e. The van der Waals surface area contributed by atoms with Crippen LogP contribution in [-0.4, -0.2) is 34.0 Å². The number of aryl methyl sites for hydroxylation is 1. The number of carbonyl (C=O) groups excluding carboxylic acids is 2. The number of benzene rings is 1. The Morgan fingerprint density at radius 2 is 1.71 bits per heavy atom. The number of anilines is 1. The van der Waals surface area contributed by atoms with Crippen LogP contribution >= 0.6 is 0 Å². The Bertz CT molecular complexity index is 637. The molecule has 1 aliphatic heterocycles. The number of rotatable bonds is 2. The van der Waals surface area contributed by atoms with Crippen molar-refractivity contribution in [3.63, 3.8) is 0 Å². The lowest BCUT2D eigenvalue weighted by Gasteiger charge is -2.46. The van der Waals surface area contributed by atoms with Crippen LogP contribution in [0.1, 0.15) is 46.1 Å². The van der Waals surface area contributed by atoms with E-state index >= 15 is 0 Å². The zero-order chi connectivity index (χ0) is 18.1. The number of hydrogen-bond donors (Lipinski definition) is 4. The largest absolute Gasteiger partial charge is 0.506 e. The molecule has 4 N–H and O–H groups in total. The van der Waals surface area contributed by atoms with Gasteiger partial charge in [-0.05, 0) is 65.2 Å². The Labute approximate surface area is 143 Å². The van der Waals surface area contributed by atoms with Gasteiger partial charge in [-0.2, -0.15) is 0 Å². The number of aromatic hydroxyl groups is 1. The molecule has 0 saturated carbocycles. The van der Waals surface area contributed by atoms with Gasteiger partial charge in [0.2, 0.25) is 0 Å². The van der Waals surface area contributed by atoms with Crippen LogP contribution in [0.15, 0.2) is 18.2 Å². The Morgan fingerprint density at radius 3 is 2.29 bits per heavy atom. The SMILES string of the molecule is Cc1ccc(O)c(NC(=O)C(=O)NC2CC(C)(C)NC(C)(C)C2)c1. The van der Waals surface area contributed by atoms with Gasteiger partial charge in [0.05, 0.1) is 5.69 Å². The lowest BCUT2D eigenvalue weighted by molar-refractivity contribution is -0.137. The van der Waals surface area contributed by atoms with E-state index in [4.69, 9.17) is 0 Å². The standard InChI is InChI=1S/C18H27N3O3/c1-11-6-7-14(22)13(8-11)20-16(24)15(23)19-12-9-17(2,3)21-18(4,5)10-12/h6-8,12,21-22H,9-10H2,1-5H3,(H,19,23)(H,20,24). The van der Waals surface area contributed by atoms with E-state index in [-0.39, 0.29) is 28.6 Å². The third-order valence-corrected chi connectivity index (χ3v) is 4.13. The average molecular weight is 333 g/mol. The van der Waals surface area contributed by atoms with Gasteiger partial charge >= 0.3 is 11.8 Å². The Kier molecular flexibility index (Phi) is 4.90. The first-order valence-corrected chi connectivity index (χ1v) is 8.18. The Hall–Kier alpha value is -2.08. The van der Waals surface area contributed by atoms with Gasteiger partial charge in [0.1, 0.15) is 5.75 Å². The number of piperidine rings is 1. The third-order valence-electron chi connectivity index (χ3n) is 4.13. The predicted octanol–water partition coefficient (Wildman–Crippen LogP) is 2.06. The molecule has 6 heteroatoms. The highest BCUT2D eigenvalue weighted by molar-refractivity contribution is 6.39. The summed E-state index contributed by atoms with van der Waals surface area (Å²) in [5, 5.41) is 18.6. The minimum Gasteiger partial charge on any atom is -0.506 e. The van der Waals surface area contributed by atoms with Crippen LogP contribution in [0.4, 0.5) is 5.69 Å². The molecule has 1 aromatic carbocycles. The van der Waals surface area contributed by atoms with Crippen LogP contribution < -0.4 is 16.0 Å². The monoisotopic (exact) mass is 333 g/mol. The molecule has 0 aromatic heterocycles. The molecule has 0 aliphatic carbocycles. The summed E-state index contributed by atoms with van der Waals surface area (Å²) >= 11 is 0. The number of amides is 2. The maximum absolute atomic E-state index is 12.2. The molecule has 1 aromatic rings. The number of phenolic OH excluding ortho intramolecular Hbond substituents is 1. The molecule has 0 spiro atoms. The summed E-state index contributed by atoms with van der Waals surface area (Å²) in [5.41, 5.74) is 0.877. The number of carbonyl (C=O) groups is 2. The molecule has 0 bridgehead atoms. The molecule has 1 aliphatic rings. The molecule has 132 valence electrons. The summed E-state index contributed by atoms with van der Waals surface area (Å²) in [4.78, 5) is 24.3. The Balaban J connectivity index is 2.01. The zero-order valence-electron chi connectivity index (χ0n) is 15.0. The molecule has 24 heavy (non-hydrogen) atoms. The van der Waals surface area contributed by atoms with Crippen LogP contribution in [0.25, 0.3) is 0 Å². The predicted molar refractivity (Wildman–Crippen MR) is 93.9 cm³/mol. The fraction of sp³-hybridized carbons (Fsp3) is 0.556. The summed E-state index contributed by atoms with van der Waals surface area (Å²) in [6.45, 7) is 10.2. The van der Waals surface area contributed by atoms with Crippen LogP contribution in [0.5, 0.6) is 5.75 Å². The molecule has 0 unspecified atom stereocenters. The Morgan fingerprint density at radius 1 is 1.12 bits per heavy atom. The highest BCUT2D eigenvalue weighted by Gasteiger charge is 2.38. The lowest BCUT2D eigenvalue weighted by Crippen LogP contribution is -2.62. The fourth-order valence-electron chi connectivity index (χ4n) is 3.60. The summed E-state index contributed by atoms with van der Waals surface area (Å²) in [6, 6.07) is 4.75.